The van der Waals surface area contributed by atoms with E-state index in [1.165, 1.54) is 30.5 Å². The van der Waals surface area contributed by atoms with E-state index in [-0.39, 0.29) is 18.4 Å². The van der Waals surface area contributed by atoms with E-state index in [4.69, 9.17) is 4.74 Å². The number of piperidine rings is 1. The summed E-state index contributed by atoms with van der Waals surface area (Å²) in [5.74, 6) is -0.190. The zero-order valence-corrected chi connectivity index (χ0v) is 16.0. The van der Waals surface area contributed by atoms with Gasteiger partial charge >= 0.3 is 5.97 Å². The molecule has 2 aromatic carbocycles. The fourth-order valence-corrected chi connectivity index (χ4v) is 3.84. The largest absolute Gasteiger partial charge is 0.454 e. The lowest BCUT2D eigenvalue weighted by molar-refractivity contribution is -0.163. The fraction of sp³-hybridized carbons (Fsp3) is 0.476. The van der Waals surface area contributed by atoms with Crippen LogP contribution in [0.15, 0.2) is 42.5 Å². The van der Waals surface area contributed by atoms with Gasteiger partial charge in [0.15, 0.2) is 0 Å². The Labute approximate surface area is 156 Å². The Kier molecular flexibility index (Phi) is 6.86. The highest BCUT2D eigenvalue weighted by atomic mass is 35.5. The summed E-state index contributed by atoms with van der Waals surface area (Å²) in [6.45, 7) is 6.86. The monoisotopic (exact) mass is 361 g/mol. The fourth-order valence-electron chi connectivity index (χ4n) is 3.84. The van der Waals surface area contributed by atoms with Gasteiger partial charge < -0.3 is 9.64 Å². The molecule has 0 amide bonds. The number of benzene rings is 2. The number of hydrogen-bond acceptors (Lipinski definition) is 3. The van der Waals surface area contributed by atoms with Gasteiger partial charge in [-0.05, 0) is 23.7 Å². The normalized spacial score (nSPS) is 17.0. The second-order valence-corrected chi connectivity index (χ2v) is 6.81. The summed E-state index contributed by atoms with van der Waals surface area (Å²) >= 11 is 0. The average molecular weight is 362 g/mol. The number of halogens is 1. The lowest BCUT2D eigenvalue weighted by Gasteiger charge is -2.42. The van der Waals surface area contributed by atoms with Crippen molar-refractivity contribution in [1.82, 2.24) is 4.90 Å². The van der Waals surface area contributed by atoms with E-state index in [1.54, 1.807) is 0 Å². The molecule has 1 saturated heterocycles. The van der Waals surface area contributed by atoms with Crippen molar-refractivity contribution >= 4 is 29.1 Å². The number of esters is 1. The Morgan fingerprint density at radius 3 is 2.48 bits per heavy atom. The molecule has 25 heavy (non-hydrogen) atoms. The van der Waals surface area contributed by atoms with Crippen LogP contribution in [-0.2, 0) is 15.1 Å². The molecule has 2 aromatic rings. The number of carbonyl (C=O) groups excluding carboxylic acids is 1. The molecular formula is C21H28ClNO2. The van der Waals surface area contributed by atoms with Gasteiger partial charge in [0.05, 0.1) is 0 Å². The SMILES string of the molecule is CCCCN1CCC(OC(C)=O)(c2cccc3ccccc23)CC1.Cl. The smallest absolute Gasteiger partial charge is 0.303 e. The number of fused-ring (bicyclic) bond motifs is 1. The summed E-state index contributed by atoms with van der Waals surface area (Å²) < 4.78 is 5.96. The molecule has 0 aromatic heterocycles. The van der Waals surface area contributed by atoms with Crippen LogP contribution in [-0.4, -0.2) is 30.5 Å². The van der Waals surface area contributed by atoms with Gasteiger partial charge in [-0.15, -0.1) is 12.4 Å². The summed E-state index contributed by atoms with van der Waals surface area (Å²) in [5, 5.41) is 2.40. The highest BCUT2D eigenvalue weighted by Gasteiger charge is 2.40. The molecule has 0 radical (unpaired) electrons. The van der Waals surface area contributed by atoms with Crippen molar-refractivity contribution in [3.05, 3.63) is 48.0 Å². The second kappa shape index (κ2) is 8.68. The van der Waals surface area contributed by atoms with Crippen LogP contribution in [0, 0.1) is 0 Å². The van der Waals surface area contributed by atoms with E-state index in [0.29, 0.717) is 0 Å². The van der Waals surface area contributed by atoms with Crippen molar-refractivity contribution in [3.63, 3.8) is 0 Å². The number of ether oxygens (including phenoxy) is 1. The zero-order chi connectivity index (χ0) is 17.0. The first-order valence-corrected chi connectivity index (χ1v) is 9.05. The molecule has 0 saturated carbocycles. The molecular weight excluding hydrogens is 334 g/mol. The molecule has 1 heterocycles. The third-order valence-electron chi connectivity index (χ3n) is 5.11. The minimum absolute atomic E-state index is 0. The van der Waals surface area contributed by atoms with Crippen LogP contribution >= 0.6 is 12.4 Å². The highest BCUT2D eigenvalue weighted by molar-refractivity contribution is 5.87. The van der Waals surface area contributed by atoms with E-state index < -0.39 is 5.60 Å². The first kappa shape index (κ1) is 19.7. The van der Waals surface area contributed by atoms with Gasteiger partial charge in [-0.3, -0.25) is 4.79 Å². The minimum Gasteiger partial charge on any atom is -0.454 e. The van der Waals surface area contributed by atoms with Crippen LogP contribution in [0.3, 0.4) is 0 Å². The molecule has 1 aliphatic heterocycles. The number of rotatable bonds is 5. The van der Waals surface area contributed by atoms with Gasteiger partial charge in [0.1, 0.15) is 5.60 Å². The standard InChI is InChI=1S/C21H27NO2.ClH/c1-3-4-14-22-15-12-21(13-16-22,24-17(2)23)20-11-7-9-18-8-5-6-10-19(18)20;/h5-11H,3-4,12-16H2,1-2H3;1H. The van der Waals surface area contributed by atoms with Gasteiger partial charge in [0.25, 0.3) is 0 Å². The molecule has 0 bridgehead atoms. The maximum Gasteiger partial charge on any atom is 0.303 e. The summed E-state index contributed by atoms with van der Waals surface area (Å²) in [7, 11) is 0. The summed E-state index contributed by atoms with van der Waals surface area (Å²) in [6, 6.07) is 14.7. The van der Waals surface area contributed by atoms with Crippen LogP contribution < -0.4 is 0 Å². The number of nitrogens with zero attached hydrogens (tertiary/aromatic N) is 1. The van der Waals surface area contributed by atoms with Crippen LogP contribution in [0.1, 0.15) is 45.1 Å². The van der Waals surface area contributed by atoms with Gasteiger partial charge in [-0.25, -0.2) is 0 Å². The van der Waals surface area contributed by atoms with Crippen LogP contribution in [0.25, 0.3) is 10.8 Å². The molecule has 1 aliphatic rings. The maximum atomic E-state index is 11.8. The number of carbonyl (C=O) groups is 1. The Balaban J connectivity index is 0.00000225. The molecule has 0 unspecified atom stereocenters. The van der Waals surface area contributed by atoms with Crippen molar-refractivity contribution in [1.29, 1.82) is 0 Å². The molecule has 136 valence electrons. The predicted octanol–water partition coefficient (Wildman–Crippen LogP) is 4.92. The van der Waals surface area contributed by atoms with E-state index >= 15 is 0 Å². The van der Waals surface area contributed by atoms with Crippen LogP contribution in [0.2, 0.25) is 0 Å². The quantitative estimate of drug-likeness (QED) is 0.708. The van der Waals surface area contributed by atoms with Crippen molar-refractivity contribution in [2.45, 2.75) is 45.1 Å². The van der Waals surface area contributed by atoms with Gasteiger partial charge in [0, 0.05) is 38.4 Å². The molecule has 0 spiro atoms. The molecule has 4 heteroatoms. The molecule has 0 aliphatic carbocycles. The Hall–Kier alpha value is -1.58. The van der Waals surface area contributed by atoms with Crippen molar-refractivity contribution in [2.75, 3.05) is 19.6 Å². The van der Waals surface area contributed by atoms with Crippen LogP contribution in [0.5, 0.6) is 0 Å². The summed E-state index contributed by atoms with van der Waals surface area (Å²) in [5.41, 5.74) is 0.668. The molecule has 0 N–H and O–H groups in total. The second-order valence-electron chi connectivity index (χ2n) is 6.81. The topological polar surface area (TPSA) is 29.5 Å². The number of hydrogen-bond donors (Lipinski definition) is 0. The third-order valence-corrected chi connectivity index (χ3v) is 5.11. The first-order valence-electron chi connectivity index (χ1n) is 9.05. The average Bonchev–Trinajstić information content (AvgIpc) is 2.60. The van der Waals surface area contributed by atoms with Crippen LogP contribution in [0.4, 0.5) is 0 Å². The molecule has 1 fully saturated rings. The van der Waals surface area contributed by atoms with E-state index in [9.17, 15) is 4.79 Å². The molecule has 0 atom stereocenters. The van der Waals surface area contributed by atoms with Gasteiger partial charge in [-0.1, -0.05) is 55.8 Å². The Bertz CT molecular complexity index is 703. The summed E-state index contributed by atoms with van der Waals surface area (Å²) in [4.78, 5) is 14.3. The van der Waals surface area contributed by atoms with Crippen molar-refractivity contribution in [3.8, 4) is 0 Å². The zero-order valence-electron chi connectivity index (χ0n) is 15.2. The number of unbranched alkanes of at least 4 members (excludes halogenated alkanes) is 1. The van der Waals surface area contributed by atoms with Gasteiger partial charge in [-0.2, -0.15) is 0 Å². The minimum atomic E-state index is -0.491. The molecule has 3 rings (SSSR count). The first-order chi connectivity index (χ1) is 11.6. The maximum absolute atomic E-state index is 11.8. The Morgan fingerprint density at radius 1 is 1.12 bits per heavy atom. The number of likely N-dealkylation sites (tertiary alicyclic amines) is 1. The van der Waals surface area contributed by atoms with E-state index in [0.717, 1.165) is 38.0 Å². The third kappa shape index (κ3) is 4.34. The lowest BCUT2D eigenvalue weighted by Crippen LogP contribution is -2.45. The van der Waals surface area contributed by atoms with Gasteiger partial charge in [0.2, 0.25) is 0 Å². The van der Waals surface area contributed by atoms with E-state index in [2.05, 4.69) is 54.3 Å². The van der Waals surface area contributed by atoms with Crippen molar-refractivity contribution < 1.29 is 9.53 Å². The van der Waals surface area contributed by atoms with E-state index in [1.807, 2.05) is 0 Å². The highest BCUT2D eigenvalue weighted by Crippen LogP contribution is 2.40. The molecule has 3 nitrogen and oxygen atoms in total. The van der Waals surface area contributed by atoms with Crippen molar-refractivity contribution in [2.24, 2.45) is 0 Å². The lowest BCUT2D eigenvalue weighted by atomic mass is 9.81. The predicted molar refractivity (Wildman–Crippen MR) is 105 cm³/mol. The summed E-state index contributed by atoms with van der Waals surface area (Å²) in [6.07, 6.45) is 4.18. The Morgan fingerprint density at radius 2 is 1.80 bits per heavy atom.